The molecule has 0 bridgehead atoms. The molecular formula is C13H15FN4O. The van der Waals surface area contributed by atoms with Crippen LogP contribution >= 0.6 is 0 Å². The summed E-state index contributed by atoms with van der Waals surface area (Å²) in [5.74, 6) is 1.41. The Hall–Kier alpha value is -1.95. The van der Waals surface area contributed by atoms with Crippen LogP contribution in [0.4, 0.5) is 10.3 Å². The monoisotopic (exact) mass is 262 g/mol. The molecule has 1 aromatic heterocycles. The SMILES string of the molecule is OCCC1CNc2nc(-c3ccc(F)cc3)nn2C1. The van der Waals surface area contributed by atoms with E-state index in [1.54, 1.807) is 12.1 Å². The maximum atomic E-state index is 12.9. The fourth-order valence-electron chi connectivity index (χ4n) is 2.24. The predicted octanol–water partition coefficient (Wildman–Crippen LogP) is 1.51. The van der Waals surface area contributed by atoms with Gasteiger partial charge in [0.15, 0.2) is 5.82 Å². The zero-order chi connectivity index (χ0) is 13.2. The molecule has 2 N–H and O–H groups in total. The van der Waals surface area contributed by atoms with Crippen molar-refractivity contribution in [1.82, 2.24) is 14.8 Å². The lowest BCUT2D eigenvalue weighted by Gasteiger charge is -2.22. The van der Waals surface area contributed by atoms with Gasteiger partial charge in [0.1, 0.15) is 5.82 Å². The number of aliphatic hydroxyl groups excluding tert-OH is 1. The van der Waals surface area contributed by atoms with Crippen LogP contribution in [0, 0.1) is 11.7 Å². The smallest absolute Gasteiger partial charge is 0.221 e. The van der Waals surface area contributed by atoms with Crippen LogP contribution in [0.15, 0.2) is 24.3 Å². The number of halogens is 1. The first-order valence-corrected chi connectivity index (χ1v) is 6.32. The highest BCUT2D eigenvalue weighted by atomic mass is 19.1. The summed E-state index contributed by atoms with van der Waals surface area (Å²) in [4.78, 5) is 4.40. The van der Waals surface area contributed by atoms with Gasteiger partial charge in [0.25, 0.3) is 0 Å². The van der Waals surface area contributed by atoms with E-state index in [9.17, 15) is 4.39 Å². The first kappa shape index (κ1) is 12.1. The number of hydrogen-bond acceptors (Lipinski definition) is 4. The fraction of sp³-hybridized carbons (Fsp3) is 0.385. The van der Waals surface area contributed by atoms with Gasteiger partial charge in [-0.2, -0.15) is 4.98 Å². The molecule has 1 aliphatic rings. The summed E-state index contributed by atoms with van der Waals surface area (Å²) in [6.07, 6.45) is 0.748. The molecule has 0 saturated heterocycles. The van der Waals surface area contributed by atoms with Crippen molar-refractivity contribution in [2.45, 2.75) is 13.0 Å². The Kier molecular flexibility index (Phi) is 3.16. The van der Waals surface area contributed by atoms with Gasteiger partial charge < -0.3 is 10.4 Å². The van der Waals surface area contributed by atoms with E-state index in [0.717, 1.165) is 31.0 Å². The molecule has 19 heavy (non-hydrogen) atoms. The van der Waals surface area contributed by atoms with Crippen LogP contribution in [0.3, 0.4) is 0 Å². The molecule has 1 aromatic carbocycles. The Balaban J connectivity index is 1.85. The molecule has 0 spiro atoms. The lowest BCUT2D eigenvalue weighted by molar-refractivity contribution is 0.244. The summed E-state index contributed by atoms with van der Waals surface area (Å²) in [7, 11) is 0. The molecule has 2 aromatic rings. The number of aromatic nitrogens is 3. The lowest BCUT2D eigenvalue weighted by Crippen LogP contribution is -2.28. The van der Waals surface area contributed by atoms with Crippen molar-refractivity contribution >= 4 is 5.95 Å². The fourth-order valence-corrected chi connectivity index (χ4v) is 2.24. The van der Waals surface area contributed by atoms with Crippen molar-refractivity contribution in [2.24, 2.45) is 5.92 Å². The summed E-state index contributed by atoms with van der Waals surface area (Å²) in [6.45, 7) is 1.72. The molecule has 0 fully saturated rings. The second kappa shape index (κ2) is 4.97. The molecule has 0 radical (unpaired) electrons. The highest BCUT2D eigenvalue weighted by molar-refractivity contribution is 5.56. The molecule has 5 nitrogen and oxygen atoms in total. The second-order valence-corrected chi connectivity index (χ2v) is 4.71. The van der Waals surface area contributed by atoms with Crippen molar-refractivity contribution in [1.29, 1.82) is 0 Å². The first-order valence-electron chi connectivity index (χ1n) is 6.32. The molecular weight excluding hydrogens is 247 g/mol. The molecule has 0 aliphatic carbocycles. The van der Waals surface area contributed by atoms with E-state index in [4.69, 9.17) is 5.11 Å². The molecule has 0 saturated carbocycles. The summed E-state index contributed by atoms with van der Waals surface area (Å²) in [5, 5.41) is 16.6. The Bertz CT molecular complexity index is 567. The van der Waals surface area contributed by atoms with E-state index < -0.39 is 0 Å². The van der Waals surface area contributed by atoms with E-state index in [1.807, 2.05) is 4.68 Å². The van der Waals surface area contributed by atoms with Gasteiger partial charge in [0, 0.05) is 25.3 Å². The Morgan fingerprint density at radius 2 is 2.16 bits per heavy atom. The van der Waals surface area contributed by atoms with E-state index >= 15 is 0 Å². The van der Waals surface area contributed by atoms with Gasteiger partial charge in [-0.3, -0.25) is 0 Å². The first-order chi connectivity index (χ1) is 9.26. The topological polar surface area (TPSA) is 63.0 Å². The average Bonchev–Trinajstić information content (AvgIpc) is 2.83. The number of aliphatic hydroxyl groups is 1. The lowest BCUT2D eigenvalue weighted by atomic mass is 10.1. The minimum absolute atomic E-state index is 0.182. The van der Waals surface area contributed by atoms with E-state index in [0.29, 0.717) is 11.7 Å². The largest absolute Gasteiger partial charge is 0.396 e. The maximum Gasteiger partial charge on any atom is 0.221 e. The number of rotatable bonds is 3. The second-order valence-electron chi connectivity index (χ2n) is 4.71. The molecule has 2 heterocycles. The van der Waals surface area contributed by atoms with Crippen LogP contribution in [0.5, 0.6) is 0 Å². The van der Waals surface area contributed by atoms with Crippen LogP contribution in [0.1, 0.15) is 6.42 Å². The van der Waals surface area contributed by atoms with E-state index in [2.05, 4.69) is 15.4 Å². The van der Waals surface area contributed by atoms with E-state index in [1.165, 1.54) is 12.1 Å². The van der Waals surface area contributed by atoms with Crippen LogP contribution in [0.2, 0.25) is 0 Å². The van der Waals surface area contributed by atoms with Gasteiger partial charge in [0.05, 0.1) is 0 Å². The van der Waals surface area contributed by atoms with Crippen molar-refractivity contribution in [3.05, 3.63) is 30.1 Å². The third kappa shape index (κ3) is 2.44. The summed E-state index contributed by atoms with van der Waals surface area (Å²) in [6, 6.07) is 6.14. The molecule has 1 aliphatic heterocycles. The van der Waals surface area contributed by atoms with Crippen LogP contribution in [-0.2, 0) is 6.54 Å². The molecule has 1 unspecified atom stereocenters. The molecule has 6 heteroatoms. The molecule has 3 rings (SSSR count). The highest BCUT2D eigenvalue weighted by Gasteiger charge is 2.21. The van der Waals surface area contributed by atoms with Crippen molar-refractivity contribution in [3.8, 4) is 11.4 Å². The minimum Gasteiger partial charge on any atom is -0.396 e. The summed E-state index contributed by atoms with van der Waals surface area (Å²) < 4.78 is 14.7. The predicted molar refractivity (Wildman–Crippen MR) is 69.1 cm³/mol. The Labute approximate surface area is 110 Å². The molecule has 100 valence electrons. The van der Waals surface area contributed by atoms with Gasteiger partial charge in [-0.15, -0.1) is 5.10 Å². The number of anilines is 1. The third-order valence-electron chi connectivity index (χ3n) is 3.29. The quantitative estimate of drug-likeness (QED) is 0.880. The minimum atomic E-state index is -0.270. The number of nitrogens with one attached hydrogen (secondary N) is 1. The van der Waals surface area contributed by atoms with Gasteiger partial charge in [-0.1, -0.05) is 0 Å². The number of hydrogen-bond donors (Lipinski definition) is 2. The van der Waals surface area contributed by atoms with Gasteiger partial charge in [0.2, 0.25) is 5.95 Å². The summed E-state index contributed by atoms with van der Waals surface area (Å²) in [5.41, 5.74) is 0.795. The number of fused-ring (bicyclic) bond motifs is 1. The van der Waals surface area contributed by atoms with Crippen LogP contribution in [0.25, 0.3) is 11.4 Å². The number of benzene rings is 1. The Morgan fingerprint density at radius 1 is 1.37 bits per heavy atom. The zero-order valence-corrected chi connectivity index (χ0v) is 10.4. The van der Waals surface area contributed by atoms with Crippen molar-refractivity contribution in [3.63, 3.8) is 0 Å². The van der Waals surface area contributed by atoms with Crippen molar-refractivity contribution in [2.75, 3.05) is 18.5 Å². The van der Waals surface area contributed by atoms with Crippen LogP contribution in [-0.4, -0.2) is 33.0 Å². The average molecular weight is 262 g/mol. The standard InChI is InChI=1S/C13H15FN4O/c14-11-3-1-10(2-4-11)12-16-13-15-7-9(5-6-19)8-18(13)17-12/h1-4,9,19H,5-8H2,(H,15,16,17). The van der Waals surface area contributed by atoms with Gasteiger partial charge in [-0.25, -0.2) is 9.07 Å². The van der Waals surface area contributed by atoms with Crippen molar-refractivity contribution < 1.29 is 9.50 Å². The highest BCUT2D eigenvalue weighted by Crippen LogP contribution is 2.22. The normalized spacial score (nSPS) is 17.9. The zero-order valence-electron chi connectivity index (χ0n) is 10.4. The number of nitrogens with zero attached hydrogens (tertiary/aromatic N) is 3. The van der Waals surface area contributed by atoms with Gasteiger partial charge in [-0.05, 0) is 36.6 Å². The van der Waals surface area contributed by atoms with Crippen LogP contribution < -0.4 is 5.32 Å². The third-order valence-corrected chi connectivity index (χ3v) is 3.29. The molecule has 0 amide bonds. The van der Waals surface area contributed by atoms with Gasteiger partial charge >= 0.3 is 0 Å². The Morgan fingerprint density at radius 3 is 2.89 bits per heavy atom. The maximum absolute atomic E-state index is 12.9. The molecule has 1 atom stereocenters. The summed E-state index contributed by atoms with van der Waals surface area (Å²) >= 11 is 0. The van der Waals surface area contributed by atoms with E-state index in [-0.39, 0.29) is 12.4 Å².